The molecule has 0 bridgehead atoms. The summed E-state index contributed by atoms with van der Waals surface area (Å²) in [5.74, 6) is 0.678. The van der Waals surface area contributed by atoms with Gasteiger partial charge in [-0.3, -0.25) is 0 Å². The predicted octanol–water partition coefficient (Wildman–Crippen LogP) is 2.15. The standard InChI is InChI=1S/C12H13NO2/c1-12(2)6-10(14)9-5-8(7-13)3-4-11(9)15-12/h3-5,10,14H,6H2,1-2H3/t10-/m0/s1. The second kappa shape index (κ2) is 3.25. The monoisotopic (exact) mass is 203 g/mol. The van der Waals surface area contributed by atoms with Crippen molar-refractivity contribution in [2.75, 3.05) is 0 Å². The van der Waals surface area contributed by atoms with Gasteiger partial charge >= 0.3 is 0 Å². The Bertz CT molecular complexity index is 432. The lowest BCUT2D eigenvalue weighted by atomic mass is 9.91. The molecule has 2 rings (SSSR count). The number of nitrogens with zero attached hydrogens (tertiary/aromatic N) is 1. The molecule has 0 spiro atoms. The normalized spacial score (nSPS) is 22.4. The van der Waals surface area contributed by atoms with Crippen molar-refractivity contribution >= 4 is 0 Å². The number of nitriles is 1. The fourth-order valence-corrected chi connectivity index (χ4v) is 1.89. The van der Waals surface area contributed by atoms with Gasteiger partial charge in [0.05, 0.1) is 17.7 Å². The largest absolute Gasteiger partial charge is 0.487 e. The molecule has 0 amide bonds. The number of ether oxygens (including phenoxy) is 1. The number of hydrogen-bond acceptors (Lipinski definition) is 3. The summed E-state index contributed by atoms with van der Waals surface area (Å²) in [6, 6.07) is 7.19. The summed E-state index contributed by atoms with van der Waals surface area (Å²) < 4.78 is 5.72. The van der Waals surface area contributed by atoms with Crippen LogP contribution in [0.15, 0.2) is 18.2 Å². The van der Waals surface area contributed by atoms with E-state index in [1.807, 2.05) is 13.8 Å². The Morgan fingerprint density at radius 1 is 1.53 bits per heavy atom. The third-order valence-corrected chi connectivity index (χ3v) is 2.57. The third kappa shape index (κ3) is 1.81. The highest BCUT2D eigenvalue weighted by Gasteiger charge is 2.32. The molecule has 0 radical (unpaired) electrons. The van der Waals surface area contributed by atoms with Crippen LogP contribution >= 0.6 is 0 Å². The molecule has 78 valence electrons. The molecule has 1 atom stereocenters. The molecule has 1 aliphatic heterocycles. The summed E-state index contributed by atoms with van der Waals surface area (Å²) in [7, 11) is 0. The van der Waals surface area contributed by atoms with Crippen molar-refractivity contribution in [1.29, 1.82) is 5.26 Å². The van der Waals surface area contributed by atoms with E-state index >= 15 is 0 Å². The zero-order chi connectivity index (χ0) is 11.1. The van der Waals surface area contributed by atoms with Crippen LogP contribution in [0.5, 0.6) is 5.75 Å². The van der Waals surface area contributed by atoms with Crippen molar-refractivity contribution in [2.24, 2.45) is 0 Å². The van der Waals surface area contributed by atoms with E-state index in [2.05, 4.69) is 6.07 Å². The molecule has 1 N–H and O–H groups in total. The molecule has 0 saturated carbocycles. The van der Waals surface area contributed by atoms with Gasteiger partial charge in [0.25, 0.3) is 0 Å². The Morgan fingerprint density at radius 2 is 2.27 bits per heavy atom. The van der Waals surface area contributed by atoms with Crippen LogP contribution in [-0.4, -0.2) is 10.7 Å². The fourth-order valence-electron chi connectivity index (χ4n) is 1.89. The van der Waals surface area contributed by atoms with Crippen LogP contribution in [0.3, 0.4) is 0 Å². The van der Waals surface area contributed by atoms with Gasteiger partial charge in [-0.05, 0) is 32.0 Å². The first-order valence-corrected chi connectivity index (χ1v) is 4.93. The van der Waals surface area contributed by atoms with Gasteiger partial charge in [-0.1, -0.05) is 0 Å². The quantitative estimate of drug-likeness (QED) is 0.703. The number of benzene rings is 1. The average molecular weight is 203 g/mol. The number of fused-ring (bicyclic) bond motifs is 1. The van der Waals surface area contributed by atoms with Gasteiger partial charge < -0.3 is 9.84 Å². The molecular formula is C12H13NO2. The molecule has 0 aliphatic carbocycles. The van der Waals surface area contributed by atoms with E-state index in [1.54, 1.807) is 18.2 Å². The van der Waals surface area contributed by atoms with Crippen molar-refractivity contribution in [3.8, 4) is 11.8 Å². The summed E-state index contributed by atoms with van der Waals surface area (Å²) in [6.07, 6.45) is 0.00608. The molecule has 0 aromatic heterocycles. The highest BCUT2D eigenvalue weighted by molar-refractivity contribution is 5.44. The van der Waals surface area contributed by atoms with Crippen LogP contribution in [-0.2, 0) is 0 Å². The van der Waals surface area contributed by atoms with E-state index in [9.17, 15) is 5.11 Å². The van der Waals surface area contributed by atoms with Gasteiger partial charge in [0.2, 0.25) is 0 Å². The second-order valence-electron chi connectivity index (χ2n) is 4.45. The molecule has 3 heteroatoms. The lowest BCUT2D eigenvalue weighted by Gasteiger charge is -2.35. The van der Waals surface area contributed by atoms with Crippen LogP contribution in [0.25, 0.3) is 0 Å². The van der Waals surface area contributed by atoms with Gasteiger partial charge in [-0.15, -0.1) is 0 Å². The van der Waals surface area contributed by atoms with Gasteiger partial charge in [0.15, 0.2) is 0 Å². The summed E-state index contributed by atoms with van der Waals surface area (Å²) in [4.78, 5) is 0. The molecule has 1 aliphatic rings. The average Bonchev–Trinajstić information content (AvgIpc) is 2.15. The van der Waals surface area contributed by atoms with Crippen LogP contribution in [0, 0.1) is 11.3 Å². The van der Waals surface area contributed by atoms with E-state index in [1.165, 1.54) is 0 Å². The highest BCUT2D eigenvalue weighted by atomic mass is 16.5. The summed E-state index contributed by atoms with van der Waals surface area (Å²) in [5.41, 5.74) is 0.921. The summed E-state index contributed by atoms with van der Waals surface area (Å²) in [6.45, 7) is 3.88. The molecule has 0 unspecified atom stereocenters. The maximum absolute atomic E-state index is 9.93. The van der Waals surface area contributed by atoms with Gasteiger partial charge in [-0.25, -0.2) is 0 Å². The molecular weight excluding hydrogens is 190 g/mol. The number of hydrogen-bond donors (Lipinski definition) is 1. The van der Waals surface area contributed by atoms with Crippen molar-refractivity contribution in [2.45, 2.75) is 32.0 Å². The number of rotatable bonds is 0. The summed E-state index contributed by atoms with van der Waals surface area (Å²) >= 11 is 0. The Hall–Kier alpha value is -1.53. The maximum atomic E-state index is 9.93. The molecule has 0 fully saturated rings. The first-order chi connectivity index (χ1) is 7.02. The molecule has 1 aromatic rings. The maximum Gasteiger partial charge on any atom is 0.126 e. The lowest BCUT2D eigenvalue weighted by molar-refractivity contribution is 0.0115. The van der Waals surface area contributed by atoms with E-state index < -0.39 is 6.10 Å². The minimum Gasteiger partial charge on any atom is -0.487 e. The van der Waals surface area contributed by atoms with Crippen LogP contribution in [0.2, 0.25) is 0 Å². The zero-order valence-corrected chi connectivity index (χ0v) is 8.82. The molecule has 1 aromatic carbocycles. The van der Waals surface area contributed by atoms with Crippen LogP contribution in [0.1, 0.15) is 37.5 Å². The Morgan fingerprint density at radius 3 is 2.93 bits per heavy atom. The van der Waals surface area contributed by atoms with E-state index in [-0.39, 0.29) is 5.60 Å². The van der Waals surface area contributed by atoms with Gasteiger partial charge in [0.1, 0.15) is 11.4 Å². The first kappa shape index (κ1) is 10.0. The Kier molecular flexibility index (Phi) is 2.17. The van der Waals surface area contributed by atoms with E-state index in [0.717, 1.165) is 0 Å². The third-order valence-electron chi connectivity index (χ3n) is 2.57. The highest BCUT2D eigenvalue weighted by Crippen LogP contribution is 2.39. The van der Waals surface area contributed by atoms with Gasteiger partial charge in [0, 0.05) is 12.0 Å². The topological polar surface area (TPSA) is 53.2 Å². The van der Waals surface area contributed by atoms with Crippen molar-refractivity contribution in [3.63, 3.8) is 0 Å². The fraction of sp³-hybridized carbons (Fsp3) is 0.417. The van der Waals surface area contributed by atoms with E-state index in [0.29, 0.717) is 23.3 Å². The Balaban J connectivity index is 2.47. The van der Waals surface area contributed by atoms with Crippen molar-refractivity contribution in [3.05, 3.63) is 29.3 Å². The van der Waals surface area contributed by atoms with Crippen molar-refractivity contribution in [1.82, 2.24) is 0 Å². The molecule has 3 nitrogen and oxygen atoms in total. The minimum atomic E-state index is -0.544. The molecule has 0 saturated heterocycles. The van der Waals surface area contributed by atoms with Crippen LogP contribution in [0.4, 0.5) is 0 Å². The van der Waals surface area contributed by atoms with Gasteiger partial charge in [-0.2, -0.15) is 5.26 Å². The van der Waals surface area contributed by atoms with Crippen molar-refractivity contribution < 1.29 is 9.84 Å². The summed E-state index contributed by atoms with van der Waals surface area (Å²) in [5, 5.41) is 18.7. The second-order valence-corrected chi connectivity index (χ2v) is 4.45. The molecule has 15 heavy (non-hydrogen) atoms. The van der Waals surface area contributed by atoms with Crippen LogP contribution < -0.4 is 4.74 Å². The zero-order valence-electron chi connectivity index (χ0n) is 8.82. The molecule has 1 heterocycles. The Labute approximate surface area is 88.9 Å². The number of aliphatic hydroxyl groups is 1. The van der Waals surface area contributed by atoms with E-state index in [4.69, 9.17) is 10.00 Å². The lowest BCUT2D eigenvalue weighted by Crippen LogP contribution is -2.34. The minimum absolute atomic E-state index is 0.347. The first-order valence-electron chi connectivity index (χ1n) is 4.93. The predicted molar refractivity (Wildman–Crippen MR) is 55.4 cm³/mol. The SMILES string of the molecule is CC1(C)C[C@H](O)c2cc(C#N)ccc2O1. The number of aliphatic hydroxyl groups excluding tert-OH is 1. The smallest absolute Gasteiger partial charge is 0.126 e.